The third-order valence-electron chi connectivity index (χ3n) is 11.1. The summed E-state index contributed by atoms with van der Waals surface area (Å²) in [6, 6.07) is 0. The largest absolute Gasteiger partial charge is 0.462 e. The molecule has 0 spiro atoms. The van der Waals surface area contributed by atoms with Gasteiger partial charge in [-0.3, -0.25) is 4.79 Å². The maximum absolute atomic E-state index is 12.1. The van der Waals surface area contributed by atoms with Crippen LogP contribution in [-0.2, 0) is 9.53 Å². The van der Waals surface area contributed by atoms with Crippen LogP contribution in [-0.4, -0.2) is 23.3 Å². The number of aliphatic hydroxyl groups excluding tert-OH is 1. The summed E-state index contributed by atoms with van der Waals surface area (Å²) in [7, 11) is 0. The average molecular weight is 674 g/mol. The van der Waals surface area contributed by atoms with E-state index in [1.165, 1.54) is 44.9 Å². The van der Waals surface area contributed by atoms with E-state index in [1.807, 2.05) is 0 Å². The normalized spacial score (nSPS) is 45.4. The minimum absolute atomic E-state index is 0. The minimum Gasteiger partial charge on any atom is -0.462 e. The Balaban J connectivity index is 0.00000306. The molecule has 1 N–H and O–H groups in total. The molecule has 4 unspecified atom stereocenters. The van der Waals surface area contributed by atoms with Gasteiger partial charge in [0.2, 0.25) is 0 Å². The van der Waals surface area contributed by atoms with E-state index in [2.05, 4.69) is 34.6 Å². The van der Waals surface area contributed by atoms with Gasteiger partial charge < -0.3 is 9.84 Å². The molecular weight excluding hydrogens is 623 g/mol. The maximum Gasteiger partial charge on any atom is 0.302 e. The van der Waals surface area contributed by atoms with E-state index in [9.17, 15) is 9.90 Å². The standard InChI is InChI=1S/C29H50O3.Ac/c1-18(2)8-7-9-19(3)23-10-11-24-27-25(13-15-29(23,24)6)28(5)14-12-22(31)16-21(28)17-26(27)32-20(4)30;/h18-19,21-27,31H,7-17H2,1-6H3;/t19?,21-,22+,23-,24?,25?,26-,27?,28+,29-;/m1./s1. The molecular formula is C29H50AcO3. The molecule has 4 heteroatoms. The van der Waals surface area contributed by atoms with Crippen LogP contribution in [0.25, 0.3) is 0 Å². The molecule has 0 aromatic carbocycles. The quantitative estimate of drug-likeness (QED) is 0.309. The van der Waals surface area contributed by atoms with Gasteiger partial charge in [0.1, 0.15) is 6.10 Å². The van der Waals surface area contributed by atoms with Crippen LogP contribution in [0.15, 0.2) is 0 Å². The summed E-state index contributed by atoms with van der Waals surface area (Å²) < 4.78 is 6.11. The molecule has 0 aliphatic heterocycles. The summed E-state index contributed by atoms with van der Waals surface area (Å²) in [5.74, 6) is 4.65. The summed E-state index contributed by atoms with van der Waals surface area (Å²) in [6.45, 7) is 13.9. The SMILES string of the molecule is CC(=O)O[C@@H]1C[C@H]2C[C@@H](O)CC[C@]2(C)C2CC[C@@]3(C)C(CC[C@@H]3C(C)CCCC(C)C)C21.[Ac]. The summed E-state index contributed by atoms with van der Waals surface area (Å²) in [5, 5.41) is 10.4. The zero-order chi connectivity index (χ0) is 23.3. The number of rotatable bonds is 6. The zero-order valence-corrected chi connectivity index (χ0v) is 27.1. The third kappa shape index (κ3) is 5.44. The topological polar surface area (TPSA) is 46.5 Å². The van der Waals surface area contributed by atoms with E-state index in [-0.39, 0.29) is 62.2 Å². The Labute approximate surface area is 239 Å². The van der Waals surface area contributed by atoms with E-state index >= 15 is 0 Å². The van der Waals surface area contributed by atoms with Gasteiger partial charge in [-0.25, -0.2) is 0 Å². The van der Waals surface area contributed by atoms with Crippen LogP contribution in [0.1, 0.15) is 112 Å². The molecule has 3 nitrogen and oxygen atoms in total. The molecule has 0 aromatic heterocycles. The maximum atomic E-state index is 12.1. The van der Waals surface area contributed by atoms with Gasteiger partial charge in [0.15, 0.2) is 0 Å². The van der Waals surface area contributed by atoms with Gasteiger partial charge in [0.05, 0.1) is 6.10 Å². The van der Waals surface area contributed by atoms with E-state index in [0.29, 0.717) is 34.5 Å². The van der Waals surface area contributed by atoms with Crippen molar-refractivity contribution in [3.05, 3.63) is 0 Å². The monoisotopic (exact) mass is 673 g/mol. The van der Waals surface area contributed by atoms with Gasteiger partial charge >= 0.3 is 5.97 Å². The van der Waals surface area contributed by atoms with Crippen LogP contribution in [0, 0.1) is 96.3 Å². The predicted molar refractivity (Wildman–Crippen MR) is 130 cm³/mol. The van der Waals surface area contributed by atoms with Crippen LogP contribution >= 0.6 is 0 Å². The summed E-state index contributed by atoms with van der Waals surface area (Å²) in [6.07, 6.45) is 13.2. The van der Waals surface area contributed by atoms with Gasteiger partial charge in [-0.15, -0.1) is 0 Å². The van der Waals surface area contributed by atoms with E-state index in [4.69, 9.17) is 4.74 Å². The van der Waals surface area contributed by atoms with Gasteiger partial charge in [-0.1, -0.05) is 53.9 Å². The molecule has 0 bridgehead atoms. The molecule has 4 aliphatic rings. The molecule has 4 fully saturated rings. The number of hydrogen-bond acceptors (Lipinski definition) is 3. The van der Waals surface area contributed by atoms with Crippen LogP contribution in [0.5, 0.6) is 0 Å². The first-order valence-corrected chi connectivity index (χ1v) is 13.9. The smallest absolute Gasteiger partial charge is 0.302 e. The molecule has 4 aliphatic carbocycles. The Kier molecular flexibility index (Phi) is 9.56. The van der Waals surface area contributed by atoms with Crippen molar-refractivity contribution in [2.24, 2.45) is 52.3 Å². The second-order valence-electron chi connectivity index (χ2n) is 13.3. The van der Waals surface area contributed by atoms with Crippen molar-refractivity contribution in [2.75, 3.05) is 0 Å². The molecule has 33 heavy (non-hydrogen) atoms. The van der Waals surface area contributed by atoms with Gasteiger partial charge in [-0.05, 0) is 97.7 Å². The van der Waals surface area contributed by atoms with Crippen LogP contribution in [0.3, 0.4) is 0 Å². The van der Waals surface area contributed by atoms with Crippen LogP contribution in [0.2, 0.25) is 0 Å². The first-order valence-electron chi connectivity index (χ1n) is 13.9. The van der Waals surface area contributed by atoms with Gasteiger partial charge in [0.25, 0.3) is 0 Å². The summed E-state index contributed by atoms with van der Waals surface area (Å²) >= 11 is 0. The number of carbonyl (C=O) groups excluding carboxylic acids is 1. The molecule has 0 heterocycles. The van der Waals surface area contributed by atoms with Crippen LogP contribution in [0.4, 0.5) is 0 Å². The van der Waals surface area contributed by atoms with Crippen molar-refractivity contribution in [2.45, 2.75) is 124 Å². The molecule has 0 aromatic rings. The molecule has 10 atom stereocenters. The van der Waals surface area contributed by atoms with Crippen molar-refractivity contribution >= 4 is 5.97 Å². The second-order valence-corrected chi connectivity index (χ2v) is 13.3. The Morgan fingerprint density at radius 1 is 0.970 bits per heavy atom. The molecule has 0 amide bonds. The fourth-order valence-electron chi connectivity index (χ4n) is 9.54. The van der Waals surface area contributed by atoms with Crippen molar-refractivity contribution in [1.29, 1.82) is 0 Å². The molecule has 187 valence electrons. The van der Waals surface area contributed by atoms with Crippen molar-refractivity contribution in [3.63, 3.8) is 0 Å². The number of ether oxygens (including phenoxy) is 1. The van der Waals surface area contributed by atoms with E-state index in [0.717, 1.165) is 43.4 Å². The number of hydrogen-bond donors (Lipinski definition) is 1. The van der Waals surface area contributed by atoms with Crippen molar-refractivity contribution < 1.29 is 58.7 Å². The average Bonchev–Trinajstić information content (AvgIpc) is 3.05. The second kappa shape index (κ2) is 11.1. The van der Waals surface area contributed by atoms with E-state index < -0.39 is 0 Å². The van der Waals surface area contributed by atoms with E-state index in [1.54, 1.807) is 6.92 Å². The Morgan fingerprint density at radius 2 is 1.64 bits per heavy atom. The zero-order valence-electron chi connectivity index (χ0n) is 22.3. The number of carbonyl (C=O) groups is 1. The molecule has 4 saturated carbocycles. The fraction of sp³-hybridized carbons (Fsp3) is 0.966. The molecule has 1 radical (unpaired) electrons. The third-order valence-corrected chi connectivity index (χ3v) is 11.1. The minimum atomic E-state index is -0.168. The van der Waals surface area contributed by atoms with Crippen molar-refractivity contribution in [1.82, 2.24) is 0 Å². The number of esters is 1. The summed E-state index contributed by atoms with van der Waals surface area (Å²) in [4.78, 5) is 12.1. The number of fused-ring (bicyclic) bond motifs is 5. The molecule has 4 rings (SSSR count). The van der Waals surface area contributed by atoms with Gasteiger partial charge in [0, 0.05) is 56.9 Å². The Bertz CT molecular complexity index is 680. The predicted octanol–water partition coefficient (Wildman–Crippen LogP) is 7.01. The Hall–Kier alpha value is 0.872. The van der Waals surface area contributed by atoms with Crippen molar-refractivity contribution in [3.8, 4) is 0 Å². The first kappa shape index (κ1) is 28.4. The fourth-order valence-corrected chi connectivity index (χ4v) is 9.54. The van der Waals surface area contributed by atoms with Gasteiger partial charge in [-0.2, -0.15) is 0 Å². The number of aliphatic hydroxyl groups is 1. The molecule has 0 saturated heterocycles. The van der Waals surface area contributed by atoms with Crippen LogP contribution < -0.4 is 0 Å². The Morgan fingerprint density at radius 3 is 2.30 bits per heavy atom. The summed E-state index contributed by atoms with van der Waals surface area (Å²) in [5.41, 5.74) is 0.705. The first-order chi connectivity index (χ1) is 15.1.